The number of carbonyl (C=O) groups excluding carboxylic acids is 2. The number of anilines is 2. The number of ether oxygens (including phenoxy) is 1. The summed E-state index contributed by atoms with van der Waals surface area (Å²) in [5, 5.41) is 6.29. The van der Waals surface area contributed by atoms with Crippen LogP contribution in [0.2, 0.25) is 10.0 Å². The number of benzene rings is 3. The van der Waals surface area contributed by atoms with Crippen molar-refractivity contribution in [3.05, 3.63) is 88.4 Å². The Morgan fingerprint density at radius 1 is 0.786 bits per heavy atom. The largest absolute Gasteiger partial charge is 0.484 e. The summed E-state index contributed by atoms with van der Waals surface area (Å²) in [5.41, 5.74) is 1.59. The van der Waals surface area contributed by atoms with Gasteiger partial charge in [0.25, 0.3) is 11.8 Å². The molecule has 7 heteroatoms. The highest BCUT2D eigenvalue weighted by Gasteiger charge is 2.08. The van der Waals surface area contributed by atoms with Crippen molar-refractivity contribution in [1.29, 1.82) is 0 Å². The third-order valence-electron chi connectivity index (χ3n) is 3.64. The van der Waals surface area contributed by atoms with Gasteiger partial charge in [0.1, 0.15) is 5.75 Å². The summed E-state index contributed by atoms with van der Waals surface area (Å²) < 4.78 is 5.50. The molecule has 0 fully saturated rings. The standard InChI is InChI=1S/C21H16Cl2N2O3/c22-15-9-16(23)11-18(10-15)24-20(26)13-28-19-8-4-7-17(12-19)25-21(27)14-5-2-1-3-6-14/h1-12H,13H2,(H,24,26)(H,25,27). The number of halogens is 2. The van der Waals surface area contributed by atoms with Crippen LogP contribution in [-0.2, 0) is 4.79 Å². The lowest BCUT2D eigenvalue weighted by atomic mass is 10.2. The quantitative estimate of drug-likeness (QED) is 0.577. The monoisotopic (exact) mass is 414 g/mol. The third-order valence-corrected chi connectivity index (χ3v) is 4.08. The fraction of sp³-hybridized carbons (Fsp3) is 0.0476. The van der Waals surface area contributed by atoms with Gasteiger partial charge in [0.2, 0.25) is 0 Å². The van der Waals surface area contributed by atoms with Crippen LogP contribution >= 0.6 is 23.2 Å². The number of rotatable bonds is 6. The van der Waals surface area contributed by atoms with E-state index in [2.05, 4.69) is 10.6 Å². The molecule has 2 amide bonds. The Balaban J connectivity index is 1.57. The number of carbonyl (C=O) groups is 2. The van der Waals surface area contributed by atoms with Crippen LogP contribution in [0, 0.1) is 0 Å². The van der Waals surface area contributed by atoms with E-state index in [1.165, 1.54) is 0 Å². The molecule has 0 saturated heterocycles. The van der Waals surface area contributed by atoms with Crippen molar-refractivity contribution in [3.8, 4) is 5.75 Å². The molecule has 2 N–H and O–H groups in total. The van der Waals surface area contributed by atoms with Crippen LogP contribution in [0.5, 0.6) is 5.75 Å². The summed E-state index contributed by atoms with van der Waals surface area (Å²) in [4.78, 5) is 24.3. The fourth-order valence-electron chi connectivity index (χ4n) is 2.43. The maximum absolute atomic E-state index is 12.2. The molecule has 28 heavy (non-hydrogen) atoms. The van der Waals surface area contributed by atoms with E-state index >= 15 is 0 Å². The molecule has 0 aliphatic heterocycles. The maximum Gasteiger partial charge on any atom is 0.262 e. The van der Waals surface area contributed by atoms with Gasteiger partial charge in [-0.25, -0.2) is 0 Å². The third kappa shape index (κ3) is 5.74. The first kappa shape index (κ1) is 19.7. The van der Waals surface area contributed by atoms with Gasteiger partial charge in [-0.1, -0.05) is 47.5 Å². The van der Waals surface area contributed by atoms with Crippen molar-refractivity contribution < 1.29 is 14.3 Å². The zero-order valence-corrected chi connectivity index (χ0v) is 16.1. The Bertz CT molecular complexity index is 974. The van der Waals surface area contributed by atoms with Gasteiger partial charge in [-0.15, -0.1) is 0 Å². The van der Waals surface area contributed by atoms with Crippen molar-refractivity contribution in [2.24, 2.45) is 0 Å². The zero-order chi connectivity index (χ0) is 19.9. The van der Waals surface area contributed by atoms with E-state index in [4.69, 9.17) is 27.9 Å². The molecule has 0 saturated carbocycles. The Morgan fingerprint density at radius 3 is 2.21 bits per heavy atom. The lowest BCUT2D eigenvalue weighted by Gasteiger charge is -2.10. The average molecular weight is 415 g/mol. The van der Waals surface area contributed by atoms with E-state index in [0.29, 0.717) is 32.7 Å². The molecule has 142 valence electrons. The van der Waals surface area contributed by atoms with Gasteiger partial charge in [-0.2, -0.15) is 0 Å². The van der Waals surface area contributed by atoms with Crippen LogP contribution < -0.4 is 15.4 Å². The lowest BCUT2D eigenvalue weighted by Crippen LogP contribution is -2.20. The molecule has 3 rings (SSSR count). The summed E-state index contributed by atoms with van der Waals surface area (Å²) in [6, 6.07) is 20.4. The summed E-state index contributed by atoms with van der Waals surface area (Å²) in [6.45, 7) is -0.208. The minimum atomic E-state index is -0.364. The topological polar surface area (TPSA) is 67.4 Å². The van der Waals surface area contributed by atoms with Crippen molar-refractivity contribution in [3.63, 3.8) is 0 Å². The summed E-state index contributed by atoms with van der Waals surface area (Å²) in [7, 11) is 0. The molecule has 0 bridgehead atoms. The fourth-order valence-corrected chi connectivity index (χ4v) is 2.95. The molecular formula is C21H16Cl2N2O3. The molecule has 0 aliphatic rings. The lowest BCUT2D eigenvalue weighted by molar-refractivity contribution is -0.118. The molecule has 0 radical (unpaired) electrons. The molecule has 3 aromatic carbocycles. The number of nitrogens with one attached hydrogen (secondary N) is 2. The average Bonchev–Trinajstić information content (AvgIpc) is 2.66. The van der Waals surface area contributed by atoms with Crippen LogP contribution in [0.15, 0.2) is 72.8 Å². The number of hydrogen-bond acceptors (Lipinski definition) is 3. The van der Waals surface area contributed by atoms with Crippen LogP contribution in [0.25, 0.3) is 0 Å². The van der Waals surface area contributed by atoms with E-state index in [9.17, 15) is 9.59 Å². The normalized spacial score (nSPS) is 10.2. The summed E-state index contributed by atoms with van der Waals surface area (Å²) >= 11 is 11.8. The summed E-state index contributed by atoms with van der Waals surface area (Å²) in [6.07, 6.45) is 0. The Hall–Kier alpha value is -3.02. The van der Waals surface area contributed by atoms with Gasteiger partial charge in [0.15, 0.2) is 6.61 Å². The van der Waals surface area contributed by atoms with Crippen LogP contribution in [0.3, 0.4) is 0 Å². The predicted octanol–water partition coefficient (Wildman–Crippen LogP) is 5.26. The van der Waals surface area contributed by atoms with Crippen LogP contribution in [0.4, 0.5) is 11.4 Å². The second-order valence-corrected chi connectivity index (χ2v) is 6.72. The number of amides is 2. The number of hydrogen-bond donors (Lipinski definition) is 2. The van der Waals surface area contributed by atoms with E-state index in [0.717, 1.165) is 0 Å². The smallest absolute Gasteiger partial charge is 0.262 e. The molecule has 3 aromatic rings. The van der Waals surface area contributed by atoms with Gasteiger partial charge in [0, 0.05) is 33.0 Å². The van der Waals surface area contributed by atoms with Gasteiger partial charge >= 0.3 is 0 Å². The molecular weight excluding hydrogens is 399 g/mol. The van der Waals surface area contributed by atoms with E-state index in [1.54, 1.807) is 66.7 Å². The summed E-state index contributed by atoms with van der Waals surface area (Å²) in [5.74, 6) is -0.143. The zero-order valence-electron chi connectivity index (χ0n) is 14.6. The molecule has 0 spiro atoms. The van der Waals surface area contributed by atoms with Crippen molar-refractivity contribution in [2.75, 3.05) is 17.2 Å². The van der Waals surface area contributed by atoms with Gasteiger partial charge < -0.3 is 15.4 Å². The van der Waals surface area contributed by atoms with E-state index < -0.39 is 0 Å². The SMILES string of the molecule is O=C(COc1cccc(NC(=O)c2ccccc2)c1)Nc1cc(Cl)cc(Cl)c1. The maximum atomic E-state index is 12.2. The van der Waals surface area contributed by atoms with Crippen LogP contribution in [0.1, 0.15) is 10.4 Å². The highest BCUT2D eigenvalue weighted by Crippen LogP contribution is 2.22. The van der Waals surface area contributed by atoms with Gasteiger partial charge in [-0.05, 0) is 42.5 Å². The Morgan fingerprint density at radius 2 is 1.50 bits per heavy atom. The Labute approximate surface area is 172 Å². The highest BCUT2D eigenvalue weighted by molar-refractivity contribution is 6.35. The first-order valence-electron chi connectivity index (χ1n) is 8.35. The molecule has 0 unspecified atom stereocenters. The second kappa shape index (κ2) is 9.26. The molecule has 0 aromatic heterocycles. The first-order valence-corrected chi connectivity index (χ1v) is 9.10. The molecule has 5 nitrogen and oxygen atoms in total. The highest BCUT2D eigenvalue weighted by atomic mass is 35.5. The van der Waals surface area contributed by atoms with E-state index in [-0.39, 0.29) is 18.4 Å². The second-order valence-electron chi connectivity index (χ2n) is 5.84. The molecule has 0 atom stereocenters. The minimum absolute atomic E-state index is 0.208. The van der Waals surface area contributed by atoms with Crippen molar-refractivity contribution in [2.45, 2.75) is 0 Å². The van der Waals surface area contributed by atoms with Gasteiger partial charge in [-0.3, -0.25) is 9.59 Å². The van der Waals surface area contributed by atoms with Gasteiger partial charge in [0.05, 0.1) is 0 Å². The minimum Gasteiger partial charge on any atom is -0.484 e. The Kier molecular flexibility index (Phi) is 6.53. The molecule has 0 aliphatic carbocycles. The van der Waals surface area contributed by atoms with Crippen molar-refractivity contribution in [1.82, 2.24) is 0 Å². The predicted molar refractivity (Wildman–Crippen MR) is 111 cm³/mol. The van der Waals surface area contributed by atoms with Crippen LogP contribution in [-0.4, -0.2) is 18.4 Å². The molecule has 0 heterocycles. The van der Waals surface area contributed by atoms with E-state index in [1.807, 2.05) is 6.07 Å². The van der Waals surface area contributed by atoms with Crippen molar-refractivity contribution >= 4 is 46.4 Å². The first-order chi connectivity index (χ1) is 13.5.